The molecule has 1 amide bonds. The maximum atomic E-state index is 12.2. The Labute approximate surface area is 181 Å². The van der Waals surface area contributed by atoms with E-state index in [0.717, 1.165) is 26.3 Å². The van der Waals surface area contributed by atoms with E-state index in [9.17, 15) is 13.2 Å². The second-order valence-electron chi connectivity index (χ2n) is 6.15. The van der Waals surface area contributed by atoms with Crippen LogP contribution < -0.4 is 14.6 Å². The number of nitrogens with zero attached hydrogens (tertiary/aromatic N) is 3. The van der Waals surface area contributed by atoms with Gasteiger partial charge in [0.05, 0.1) is 23.8 Å². The van der Waals surface area contributed by atoms with Crippen LogP contribution in [-0.2, 0) is 14.8 Å². The minimum atomic E-state index is -3.64. The Bertz CT molecular complexity index is 994. The number of nitrogens with one attached hydrogen (secondary N) is 1. The topological polar surface area (TPSA) is 82.1 Å². The normalized spacial score (nSPS) is 11.5. The molecule has 0 radical (unpaired) electrons. The average Bonchev–Trinajstić information content (AvgIpc) is 2.58. The fourth-order valence-corrected chi connectivity index (χ4v) is 4.33. The van der Waals surface area contributed by atoms with Crippen LogP contribution in [0.25, 0.3) is 0 Å². The number of rotatable bonds is 7. The van der Waals surface area contributed by atoms with Gasteiger partial charge in [0.25, 0.3) is 5.91 Å². The Hall–Kier alpha value is -1.91. The van der Waals surface area contributed by atoms with Crippen LogP contribution in [0, 0.1) is 0 Å². The molecule has 0 atom stereocenters. The highest BCUT2D eigenvalue weighted by Crippen LogP contribution is 2.25. The number of halogens is 2. The van der Waals surface area contributed by atoms with Crippen molar-refractivity contribution >= 4 is 65.4 Å². The highest BCUT2D eigenvalue weighted by Gasteiger charge is 2.20. The van der Waals surface area contributed by atoms with Gasteiger partial charge in [-0.1, -0.05) is 28.1 Å². The van der Waals surface area contributed by atoms with E-state index >= 15 is 0 Å². The van der Waals surface area contributed by atoms with E-state index in [4.69, 9.17) is 0 Å². The summed E-state index contributed by atoms with van der Waals surface area (Å²) in [6.07, 6.45) is 2.54. The van der Waals surface area contributed by atoms with Crippen molar-refractivity contribution in [2.75, 3.05) is 36.1 Å². The maximum Gasteiger partial charge on any atom is 0.260 e. The van der Waals surface area contributed by atoms with Gasteiger partial charge in [-0.3, -0.25) is 9.10 Å². The Balaban J connectivity index is 2.07. The number of hydrogen-bond donors (Lipinski definition) is 1. The molecule has 150 valence electrons. The third kappa shape index (κ3) is 6.32. The standard InChI is InChI=1S/C18H20Br2N4O3S/c1-23(2)17-8-7-13(9-16(17)20)11-21-22-18(25)12-24(28(3,26)27)15-6-4-5-14(19)10-15/h4-11H,12H2,1-3H3,(H,22,25)/b21-11-. The van der Waals surface area contributed by atoms with Crippen LogP contribution in [-0.4, -0.2) is 47.4 Å². The van der Waals surface area contributed by atoms with Crippen LogP contribution in [0.3, 0.4) is 0 Å². The van der Waals surface area contributed by atoms with E-state index in [1.165, 1.54) is 6.21 Å². The number of sulfonamides is 1. The first-order valence-electron chi connectivity index (χ1n) is 8.10. The van der Waals surface area contributed by atoms with Crippen LogP contribution in [0.1, 0.15) is 5.56 Å². The van der Waals surface area contributed by atoms with Crippen molar-refractivity contribution in [3.63, 3.8) is 0 Å². The van der Waals surface area contributed by atoms with Crippen molar-refractivity contribution in [2.24, 2.45) is 5.10 Å². The summed E-state index contributed by atoms with van der Waals surface area (Å²) < 4.78 is 26.8. The van der Waals surface area contributed by atoms with E-state index in [1.807, 2.05) is 37.2 Å². The number of carbonyl (C=O) groups is 1. The third-order valence-electron chi connectivity index (χ3n) is 3.64. The van der Waals surface area contributed by atoms with Crippen molar-refractivity contribution < 1.29 is 13.2 Å². The molecule has 0 aliphatic rings. The predicted molar refractivity (Wildman–Crippen MR) is 121 cm³/mol. The average molecular weight is 532 g/mol. The van der Waals surface area contributed by atoms with Gasteiger partial charge in [0.1, 0.15) is 6.54 Å². The first-order valence-corrected chi connectivity index (χ1v) is 11.5. The van der Waals surface area contributed by atoms with Gasteiger partial charge in [0, 0.05) is 23.0 Å². The molecule has 0 heterocycles. The molecular formula is C18H20Br2N4O3S. The monoisotopic (exact) mass is 530 g/mol. The van der Waals surface area contributed by atoms with Crippen LogP contribution in [0.2, 0.25) is 0 Å². The molecule has 2 aromatic rings. The Morgan fingerprint density at radius 2 is 1.89 bits per heavy atom. The number of carbonyl (C=O) groups excluding carboxylic acids is 1. The molecule has 0 aliphatic heterocycles. The predicted octanol–water partition coefficient (Wildman–Crippen LogP) is 3.19. The summed E-state index contributed by atoms with van der Waals surface area (Å²) in [7, 11) is 0.238. The number of hydrazone groups is 1. The molecule has 1 N–H and O–H groups in total. The second-order valence-corrected chi connectivity index (χ2v) is 9.82. The van der Waals surface area contributed by atoms with E-state index in [2.05, 4.69) is 42.4 Å². The zero-order valence-electron chi connectivity index (χ0n) is 15.6. The van der Waals surface area contributed by atoms with Gasteiger partial charge in [0.2, 0.25) is 10.0 Å². The first kappa shape index (κ1) is 22.4. The highest BCUT2D eigenvalue weighted by atomic mass is 79.9. The molecule has 0 saturated heterocycles. The summed E-state index contributed by atoms with van der Waals surface area (Å²) in [5.74, 6) is -0.550. The van der Waals surface area contributed by atoms with Crippen molar-refractivity contribution in [1.29, 1.82) is 0 Å². The van der Waals surface area contributed by atoms with E-state index < -0.39 is 15.9 Å². The van der Waals surface area contributed by atoms with Gasteiger partial charge >= 0.3 is 0 Å². The van der Waals surface area contributed by atoms with Gasteiger partial charge in [-0.2, -0.15) is 5.10 Å². The molecule has 28 heavy (non-hydrogen) atoms. The lowest BCUT2D eigenvalue weighted by Crippen LogP contribution is -2.39. The molecule has 0 unspecified atom stereocenters. The molecule has 0 aliphatic carbocycles. The maximum absolute atomic E-state index is 12.2. The Morgan fingerprint density at radius 1 is 1.18 bits per heavy atom. The lowest BCUT2D eigenvalue weighted by molar-refractivity contribution is -0.119. The lowest BCUT2D eigenvalue weighted by Gasteiger charge is -2.21. The fourth-order valence-electron chi connectivity index (χ4n) is 2.34. The minimum Gasteiger partial charge on any atom is -0.377 e. The minimum absolute atomic E-state index is 0.379. The summed E-state index contributed by atoms with van der Waals surface area (Å²) in [5, 5.41) is 3.91. The summed E-state index contributed by atoms with van der Waals surface area (Å²) in [5.41, 5.74) is 4.55. The van der Waals surface area contributed by atoms with E-state index in [1.54, 1.807) is 24.3 Å². The highest BCUT2D eigenvalue weighted by molar-refractivity contribution is 9.10. The second kappa shape index (κ2) is 9.53. The number of anilines is 2. The quantitative estimate of drug-likeness (QED) is 0.439. The zero-order valence-corrected chi connectivity index (χ0v) is 19.5. The summed E-state index contributed by atoms with van der Waals surface area (Å²) >= 11 is 6.79. The van der Waals surface area contributed by atoms with Crippen LogP contribution in [0.4, 0.5) is 11.4 Å². The van der Waals surface area contributed by atoms with Crippen molar-refractivity contribution in [3.8, 4) is 0 Å². The molecule has 10 heteroatoms. The van der Waals surface area contributed by atoms with Crippen molar-refractivity contribution in [2.45, 2.75) is 0 Å². The number of benzene rings is 2. The molecule has 0 bridgehead atoms. The van der Waals surface area contributed by atoms with Gasteiger partial charge in [-0.05, 0) is 51.8 Å². The van der Waals surface area contributed by atoms with Gasteiger partial charge in [-0.15, -0.1) is 0 Å². The van der Waals surface area contributed by atoms with Crippen LogP contribution in [0.15, 0.2) is 56.5 Å². The van der Waals surface area contributed by atoms with Crippen LogP contribution in [0.5, 0.6) is 0 Å². The largest absolute Gasteiger partial charge is 0.377 e. The van der Waals surface area contributed by atoms with Gasteiger partial charge < -0.3 is 4.90 Å². The molecule has 0 fully saturated rings. The number of amides is 1. The van der Waals surface area contributed by atoms with Gasteiger partial charge in [-0.25, -0.2) is 13.8 Å². The van der Waals surface area contributed by atoms with Crippen LogP contribution >= 0.6 is 31.9 Å². The Morgan fingerprint density at radius 3 is 2.46 bits per heavy atom. The van der Waals surface area contributed by atoms with Gasteiger partial charge in [0.15, 0.2) is 0 Å². The van der Waals surface area contributed by atoms with Crippen molar-refractivity contribution in [1.82, 2.24) is 5.43 Å². The van der Waals surface area contributed by atoms with Crippen molar-refractivity contribution in [3.05, 3.63) is 57.0 Å². The molecule has 2 aromatic carbocycles. The van der Waals surface area contributed by atoms with E-state index in [-0.39, 0.29) is 6.54 Å². The molecule has 2 rings (SSSR count). The SMILES string of the molecule is CN(C)c1ccc(/C=N\NC(=O)CN(c2cccc(Br)c2)S(C)(=O)=O)cc1Br. The Kier molecular flexibility index (Phi) is 7.62. The first-order chi connectivity index (χ1) is 13.1. The summed E-state index contributed by atoms with van der Waals surface area (Å²) in [6, 6.07) is 12.4. The molecule has 0 spiro atoms. The lowest BCUT2D eigenvalue weighted by atomic mass is 10.2. The summed E-state index contributed by atoms with van der Waals surface area (Å²) in [4.78, 5) is 14.2. The molecule has 7 nitrogen and oxygen atoms in total. The van der Waals surface area contributed by atoms with E-state index in [0.29, 0.717) is 10.2 Å². The molecule has 0 aromatic heterocycles. The smallest absolute Gasteiger partial charge is 0.260 e. The fraction of sp³-hybridized carbons (Fsp3) is 0.222. The number of hydrogen-bond acceptors (Lipinski definition) is 5. The summed E-state index contributed by atoms with van der Waals surface area (Å²) in [6.45, 7) is -0.379. The molecular weight excluding hydrogens is 512 g/mol. The zero-order chi connectivity index (χ0) is 20.9. The third-order valence-corrected chi connectivity index (χ3v) is 5.91. The molecule has 0 saturated carbocycles.